The lowest BCUT2D eigenvalue weighted by molar-refractivity contribution is 0.893. The average Bonchev–Trinajstić information content (AvgIpc) is 3.01. The number of aromatic nitrogens is 2. The maximum Gasteiger partial charge on any atom is 0.145 e. The molecule has 0 N–H and O–H groups in total. The van der Waals surface area contributed by atoms with Gasteiger partial charge in [-0.1, -0.05) is 44.2 Å². The molecule has 0 radical (unpaired) electrons. The lowest BCUT2D eigenvalue weighted by atomic mass is 10.2. The first-order valence-electron chi connectivity index (χ1n) is 7.02. The van der Waals surface area contributed by atoms with Gasteiger partial charge in [0.15, 0.2) is 0 Å². The Kier molecular flexibility index (Phi) is 5.49. The van der Waals surface area contributed by atoms with E-state index < -0.39 is 0 Å². The highest BCUT2D eigenvalue weighted by Gasteiger charge is 2.29. The molecule has 20 heavy (non-hydrogen) atoms. The van der Waals surface area contributed by atoms with Crippen molar-refractivity contribution in [1.29, 1.82) is 0 Å². The molecule has 0 spiro atoms. The predicted octanol–water partition coefficient (Wildman–Crippen LogP) is 3.90. The SMILES string of the molecule is CCC1PC1C.CN=Cn1ccnc1-c1ccccc1. The number of rotatable bonds is 3. The normalized spacial score (nSPS) is 21.8. The molecule has 1 fully saturated rings. The van der Waals surface area contributed by atoms with Crippen molar-refractivity contribution in [3.8, 4) is 11.4 Å². The molecule has 4 heteroatoms. The number of nitrogens with zero attached hydrogens (tertiary/aromatic N) is 3. The van der Waals surface area contributed by atoms with Gasteiger partial charge in [-0.15, -0.1) is 8.58 Å². The Bertz CT molecular complexity index is 546. The second-order valence-corrected chi connectivity index (χ2v) is 6.85. The van der Waals surface area contributed by atoms with Crippen LogP contribution in [0.2, 0.25) is 0 Å². The summed E-state index contributed by atoms with van der Waals surface area (Å²) in [5.41, 5.74) is 3.32. The van der Waals surface area contributed by atoms with Gasteiger partial charge in [-0.2, -0.15) is 0 Å². The molecule has 2 aromatic rings. The van der Waals surface area contributed by atoms with Crippen LogP contribution in [0.15, 0.2) is 47.7 Å². The Balaban J connectivity index is 0.000000205. The zero-order valence-corrected chi connectivity index (χ0v) is 13.3. The van der Waals surface area contributed by atoms with Crippen molar-refractivity contribution >= 4 is 14.9 Å². The van der Waals surface area contributed by atoms with E-state index in [1.165, 1.54) is 15.0 Å². The summed E-state index contributed by atoms with van der Waals surface area (Å²) in [6.07, 6.45) is 6.81. The summed E-state index contributed by atoms with van der Waals surface area (Å²) >= 11 is 0. The zero-order chi connectivity index (χ0) is 14.4. The standard InChI is InChI=1S/C11H11N3.C5H11P/c1-12-9-14-8-7-13-11(14)10-5-3-2-4-6-10;1-3-5-4(2)6-5/h2-9H,1H3;4-6H,3H2,1-2H3. The number of aliphatic imine (C=N–C) groups is 1. The first-order chi connectivity index (χ1) is 9.76. The average molecular weight is 287 g/mol. The molecule has 1 saturated heterocycles. The molecule has 1 aliphatic rings. The second-order valence-electron chi connectivity index (χ2n) is 4.87. The van der Waals surface area contributed by atoms with Gasteiger partial charge in [0.2, 0.25) is 0 Å². The molecule has 3 unspecified atom stereocenters. The van der Waals surface area contributed by atoms with Crippen LogP contribution >= 0.6 is 8.58 Å². The Morgan fingerprint density at radius 3 is 2.55 bits per heavy atom. The van der Waals surface area contributed by atoms with E-state index in [-0.39, 0.29) is 0 Å². The fourth-order valence-electron chi connectivity index (χ4n) is 2.09. The van der Waals surface area contributed by atoms with E-state index in [1.54, 1.807) is 19.6 Å². The maximum atomic E-state index is 4.28. The number of imidazole rings is 1. The second kappa shape index (κ2) is 7.35. The van der Waals surface area contributed by atoms with Crippen molar-refractivity contribution < 1.29 is 0 Å². The van der Waals surface area contributed by atoms with E-state index >= 15 is 0 Å². The van der Waals surface area contributed by atoms with Crippen LogP contribution in [0.4, 0.5) is 0 Å². The summed E-state index contributed by atoms with van der Waals surface area (Å²) in [5.74, 6) is 0.913. The summed E-state index contributed by atoms with van der Waals surface area (Å²) in [7, 11) is 3.04. The largest absolute Gasteiger partial charge is 0.290 e. The fourth-order valence-corrected chi connectivity index (χ4v) is 3.13. The van der Waals surface area contributed by atoms with Gasteiger partial charge >= 0.3 is 0 Å². The Morgan fingerprint density at radius 1 is 1.35 bits per heavy atom. The van der Waals surface area contributed by atoms with E-state index in [0.717, 1.165) is 22.7 Å². The summed E-state index contributed by atoms with van der Waals surface area (Å²) in [4.78, 5) is 8.24. The van der Waals surface area contributed by atoms with Crippen LogP contribution in [0.25, 0.3) is 11.4 Å². The summed E-state index contributed by atoms with van der Waals surface area (Å²) < 4.78 is 1.90. The topological polar surface area (TPSA) is 30.2 Å². The van der Waals surface area contributed by atoms with Gasteiger partial charge in [-0.25, -0.2) is 4.98 Å². The number of hydrogen-bond donors (Lipinski definition) is 0. The van der Waals surface area contributed by atoms with E-state index in [1.807, 2.05) is 41.1 Å². The molecule has 0 saturated carbocycles. The lowest BCUT2D eigenvalue weighted by Crippen LogP contribution is -1.96. The molecular formula is C16H22N3P. The summed E-state index contributed by atoms with van der Waals surface area (Å²) in [6, 6.07) is 10.0. The molecule has 106 valence electrons. The molecule has 0 bridgehead atoms. The highest BCUT2D eigenvalue weighted by atomic mass is 31.1. The highest BCUT2D eigenvalue weighted by Crippen LogP contribution is 2.50. The molecule has 1 aromatic heterocycles. The maximum absolute atomic E-state index is 4.28. The smallest absolute Gasteiger partial charge is 0.145 e. The van der Waals surface area contributed by atoms with Crippen LogP contribution in [0, 0.1) is 0 Å². The van der Waals surface area contributed by atoms with Crippen LogP contribution in [0.5, 0.6) is 0 Å². The molecule has 0 amide bonds. The van der Waals surface area contributed by atoms with E-state index in [2.05, 4.69) is 23.8 Å². The van der Waals surface area contributed by atoms with Crippen molar-refractivity contribution in [2.45, 2.75) is 31.6 Å². The van der Waals surface area contributed by atoms with Gasteiger partial charge in [-0.3, -0.25) is 9.56 Å². The number of hydrogen-bond acceptors (Lipinski definition) is 2. The number of benzene rings is 1. The van der Waals surface area contributed by atoms with Gasteiger partial charge in [0.05, 0.1) is 6.34 Å². The first-order valence-corrected chi connectivity index (χ1v) is 8.18. The van der Waals surface area contributed by atoms with Crippen molar-refractivity contribution in [2.75, 3.05) is 7.05 Å². The molecule has 3 nitrogen and oxygen atoms in total. The van der Waals surface area contributed by atoms with E-state index in [0.29, 0.717) is 0 Å². The minimum absolute atomic E-state index is 0.913. The predicted molar refractivity (Wildman–Crippen MR) is 89.3 cm³/mol. The van der Waals surface area contributed by atoms with Crippen molar-refractivity contribution in [3.05, 3.63) is 42.7 Å². The monoisotopic (exact) mass is 287 g/mol. The summed E-state index contributed by atoms with van der Waals surface area (Å²) in [5, 5.41) is 0. The molecule has 3 rings (SSSR count). The van der Waals surface area contributed by atoms with Crippen LogP contribution < -0.4 is 0 Å². The third kappa shape index (κ3) is 4.01. The molecule has 3 atom stereocenters. The van der Waals surface area contributed by atoms with Crippen molar-refractivity contribution in [1.82, 2.24) is 9.55 Å². The van der Waals surface area contributed by atoms with Crippen LogP contribution in [0.1, 0.15) is 20.3 Å². The highest BCUT2D eigenvalue weighted by molar-refractivity contribution is 7.48. The first kappa shape index (κ1) is 14.9. The van der Waals surface area contributed by atoms with Gasteiger partial charge in [-0.05, 0) is 17.7 Å². The third-order valence-electron chi connectivity index (χ3n) is 3.35. The molecule has 2 heterocycles. The zero-order valence-electron chi connectivity index (χ0n) is 12.3. The molecular weight excluding hydrogens is 265 g/mol. The van der Waals surface area contributed by atoms with E-state index in [4.69, 9.17) is 0 Å². The van der Waals surface area contributed by atoms with Crippen molar-refractivity contribution in [2.24, 2.45) is 4.99 Å². The molecule has 1 aromatic carbocycles. The lowest BCUT2D eigenvalue weighted by Gasteiger charge is -2.00. The van der Waals surface area contributed by atoms with Crippen molar-refractivity contribution in [3.63, 3.8) is 0 Å². The van der Waals surface area contributed by atoms with Gasteiger partial charge in [0.25, 0.3) is 0 Å². The third-order valence-corrected chi connectivity index (χ3v) is 5.23. The van der Waals surface area contributed by atoms with Crippen LogP contribution in [0.3, 0.4) is 0 Å². The van der Waals surface area contributed by atoms with Crippen LogP contribution in [-0.2, 0) is 0 Å². The Morgan fingerprint density at radius 2 is 2.05 bits per heavy atom. The van der Waals surface area contributed by atoms with Gasteiger partial charge in [0.1, 0.15) is 5.82 Å². The molecule has 0 aliphatic carbocycles. The van der Waals surface area contributed by atoms with Gasteiger partial charge in [0, 0.05) is 25.0 Å². The van der Waals surface area contributed by atoms with Crippen LogP contribution in [-0.4, -0.2) is 34.3 Å². The fraction of sp³-hybridized carbons (Fsp3) is 0.375. The van der Waals surface area contributed by atoms with E-state index in [9.17, 15) is 0 Å². The minimum Gasteiger partial charge on any atom is -0.290 e. The Hall–Kier alpha value is -1.47. The molecule has 1 aliphatic heterocycles. The Labute approximate surface area is 122 Å². The van der Waals surface area contributed by atoms with Gasteiger partial charge < -0.3 is 0 Å². The summed E-state index contributed by atoms with van der Waals surface area (Å²) in [6.45, 7) is 4.62. The quantitative estimate of drug-likeness (QED) is 0.478. The minimum atomic E-state index is 0.913.